The number of amides is 1. The average Bonchev–Trinajstić information content (AvgIpc) is 2.61. The maximum Gasteiger partial charge on any atom is 0.417 e. The standard InChI is InChI=1S/C17H15ClF3N3O/c18-12-1-3-13(4-2-12)23-7-9-24(10-8-23)16(25)14-11-22-6-5-15(14)17(19,20)21/h1-6,11H,7-10H2. The lowest BCUT2D eigenvalue weighted by Gasteiger charge is -2.36. The predicted molar refractivity (Wildman–Crippen MR) is 88.8 cm³/mol. The van der Waals surface area contributed by atoms with E-state index >= 15 is 0 Å². The lowest BCUT2D eigenvalue weighted by Crippen LogP contribution is -2.49. The molecule has 0 atom stereocenters. The number of halogens is 4. The molecular weight excluding hydrogens is 355 g/mol. The van der Waals surface area contributed by atoms with Crippen molar-refractivity contribution < 1.29 is 18.0 Å². The SMILES string of the molecule is O=C(c1cnccc1C(F)(F)F)N1CCN(c2ccc(Cl)cc2)CC1. The smallest absolute Gasteiger partial charge is 0.368 e. The number of benzene rings is 1. The van der Waals surface area contributed by atoms with E-state index in [1.165, 1.54) is 4.90 Å². The highest BCUT2D eigenvalue weighted by Crippen LogP contribution is 2.32. The highest BCUT2D eigenvalue weighted by Gasteiger charge is 2.36. The van der Waals surface area contributed by atoms with Crippen molar-refractivity contribution >= 4 is 23.2 Å². The number of rotatable bonds is 2. The minimum absolute atomic E-state index is 0.341. The fourth-order valence-corrected chi connectivity index (χ4v) is 2.93. The number of hydrogen-bond acceptors (Lipinski definition) is 3. The maximum atomic E-state index is 13.1. The number of piperazine rings is 1. The average molecular weight is 370 g/mol. The van der Waals surface area contributed by atoms with Crippen LogP contribution in [0.3, 0.4) is 0 Å². The first-order chi connectivity index (χ1) is 11.9. The summed E-state index contributed by atoms with van der Waals surface area (Å²) in [7, 11) is 0. The Morgan fingerprint density at radius 3 is 2.28 bits per heavy atom. The van der Waals surface area contributed by atoms with Crippen LogP contribution in [0.4, 0.5) is 18.9 Å². The van der Waals surface area contributed by atoms with Crippen molar-refractivity contribution in [1.29, 1.82) is 0 Å². The second-order valence-electron chi connectivity index (χ2n) is 5.67. The molecule has 0 unspecified atom stereocenters. The van der Waals surface area contributed by atoms with Crippen LogP contribution < -0.4 is 4.90 Å². The highest BCUT2D eigenvalue weighted by atomic mass is 35.5. The number of alkyl halides is 3. The van der Waals surface area contributed by atoms with Gasteiger partial charge >= 0.3 is 6.18 Å². The highest BCUT2D eigenvalue weighted by molar-refractivity contribution is 6.30. The van der Waals surface area contributed by atoms with Gasteiger partial charge in [0.2, 0.25) is 0 Å². The summed E-state index contributed by atoms with van der Waals surface area (Å²) in [4.78, 5) is 19.7. The van der Waals surface area contributed by atoms with Crippen LogP contribution in [0.25, 0.3) is 0 Å². The van der Waals surface area contributed by atoms with E-state index in [0.717, 1.165) is 24.1 Å². The van der Waals surface area contributed by atoms with E-state index in [4.69, 9.17) is 11.6 Å². The minimum Gasteiger partial charge on any atom is -0.368 e. The Hall–Kier alpha value is -2.28. The predicted octanol–water partition coefficient (Wildman–Crippen LogP) is 3.72. The van der Waals surface area contributed by atoms with Gasteiger partial charge in [0.15, 0.2) is 0 Å². The zero-order valence-electron chi connectivity index (χ0n) is 13.1. The van der Waals surface area contributed by atoms with E-state index in [9.17, 15) is 18.0 Å². The Kier molecular flexibility index (Phi) is 4.85. The van der Waals surface area contributed by atoms with Gasteiger partial charge in [-0.2, -0.15) is 13.2 Å². The summed E-state index contributed by atoms with van der Waals surface area (Å²) in [6.45, 7) is 1.76. The Morgan fingerprint density at radius 2 is 1.68 bits per heavy atom. The number of anilines is 1. The van der Waals surface area contributed by atoms with Crippen molar-refractivity contribution in [1.82, 2.24) is 9.88 Å². The molecule has 8 heteroatoms. The van der Waals surface area contributed by atoms with Gasteiger partial charge < -0.3 is 9.80 Å². The van der Waals surface area contributed by atoms with Gasteiger partial charge in [-0.1, -0.05) is 11.6 Å². The van der Waals surface area contributed by atoms with Gasteiger partial charge in [0, 0.05) is 49.3 Å². The Bertz CT molecular complexity index is 756. The lowest BCUT2D eigenvalue weighted by molar-refractivity contribution is -0.138. The summed E-state index contributed by atoms with van der Waals surface area (Å²) < 4.78 is 39.2. The quantitative estimate of drug-likeness (QED) is 0.809. The van der Waals surface area contributed by atoms with Crippen molar-refractivity contribution in [2.45, 2.75) is 6.18 Å². The molecule has 2 heterocycles. The second kappa shape index (κ2) is 6.92. The van der Waals surface area contributed by atoms with Gasteiger partial charge in [-0.15, -0.1) is 0 Å². The summed E-state index contributed by atoms with van der Waals surface area (Å²) >= 11 is 5.87. The summed E-state index contributed by atoms with van der Waals surface area (Å²) in [5.74, 6) is -0.642. The van der Waals surface area contributed by atoms with Gasteiger partial charge in [0.25, 0.3) is 5.91 Å². The fraction of sp³-hybridized carbons (Fsp3) is 0.294. The largest absolute Gasteiger partial charge is 0.417 e. The number of pyridine rings is 1. The van der Waals surface area contributed by atoms with E-state index in [1.54, 1.807) is 12.1 Å². The molecule has 0 radical (unpaired) electrons. The van der Waals surface area contributed by atoms with Crippen LogP contribution in [0, 0.1) is 0 Å². The van der Waals surface area contributed by atoms with Crippen molar-refractivity contribution in [3.05, 3.63) is 58.9 Å². The molecule has 25 heavy (non-hydrogen) atoms. The molecule has 1 aromatic carbocycles. The van der Waals surface area contributed by atoms with Crippen molar-refractivity contribution in [2.75, 3.05) is 31.1 Å². The van der Waals surface area contributed by atoms with Crippen LogP contribution >= 0.6 is 11.6 Å². The maximum absolute atomic E-state index is 13.1. The Balaban J connectivity index is 1.71. The minimum atomic E-state index is -4.58. The van der Waals surface area contributed by atoms with Gasteiger partial charge in [-0.25, -0.2) is 0 Å². The van der Waals surface area contributed by atoms with Gasteiger partial charge in [-0.05, 0) is 30.3 Å². The zero-order valence-corrected chi connectivity index (χ0v) is 13.9. The normalized spacial score (nSPS) is 15.4. The topological polar surface area (TPSA) is 36.4 Å². The first-order valence-corrected chi connectivity index (χ1v) is 8.05. The molecule has 0 N–H and O–H groups in total. The number of aromatic nitrogens is 1. The molecule has 1 fully saturated rings. The third kappa shape index (κ3) is 3.87. The molecule has 1 aliphatic rings. The van der Waals surface area contributed by atoms with Crippen molar-refractivity contribution in [3.8, 4) is 0 Å². The molecule has 1 aromatic heterocycles. The molecule has 0 aliphatic carbocycles. The van der Waals surface area contributed by atoms with Crippen LogP contribution in [0.2, 0.25) is 5.02 Å². The van der Waals surface area contributed by atoms with Gasteiger partial charge in [-0.3, -0.25) is 9.78 Å². The fourth-order valence-electron chi connectivity index (χ4n) is 2.80. The van der Waals surface area contributed by atoms with Crippen LogP contribution in [0.1, 0.15) is 15.9 Å². The second-order valence-corrected chi connectivity index (χ2v) is 6.11. The van der Waals surface area contributed by atoms with E-state index < -0.39 is 23.2 Å². The molecule has 0 bridgehead atoms. The van der Waals surface area contributed by atoms with Gasteiger partial charge in [0.1, 0.15) is 0 Å². The molecule has 1 saturated heterocycles. The van der Waals surface area contributed by atoms with Crippen LogP contribution in [-0.4, -0.2) is 42.0 Å². The Labute approximate surface area is 147 Å². The van der Waals surface area contributed by atoms with Crippen molar-refractivity contribution in [3.63, 3.8) is 0 Å². The monoisotopic (exact) mass is 369 g/mol. The van der Waals surface area contributed by atoms with E-state index in [-0.39, 0.29) is 0 Å². The molecule has 0 spiro atoms. The Morgan fingerprint density at radius 1 is 1.04 bits per heavy atom. The van der Waals surface area contributed by atoms with Crippen LogP contribution in [0.5, 0.6) is 0 Å². The molecule has 3 rings (SSSR count). The summed E-state index contributed by atoms with van der Waals surface area (Å²) in [5, 5.41) is 0.633. The summed E-state index contributed by atoms with van der Waals surface area (Å²) in [5.41, 5.74) is -0.392. The van der Waals surface area contributed by atoms with E-state index in [2.05, 4.69) is 9.88 Å². The number of hydrogen-bond donors (Lipinski definition) is 0. The first-order valence-electron chi connectivity index (χ1n) is 7.67. The molecule has 4 nitrogen and oxygen atoms in total. The summed E-state index contributed by atoms with van der Waals surface area (Å²) in [6.07, 6.45) is -2.56. The molecule has 2 aromatic rings. The van der Waals surface area contributed by atoms with E-state index in [0.29, 0.717) is 31.2 Å². The number of carbonyl (C=O) groups is 1. The van der Waals surface area contributed by atoms with E-state index in [1.807, 2.05) is 12.1 Å². The molecule has 1 amide bonds. The van der Waals surface area contributed by atoms with Crippen LogP contribution in [-0.2, 0) is 6.18 Å². The molecule has 132 valence electrons. The van der Waals surface area contributed by atoms with Crippen LogP contribution in [0.15, 0.2) is 42.7 Å². The molecule has 1 aliphatic heterocycles. The number of carbonyl (C=O) groups excluding carboxylic acids is 1. The third-order valence-corrected chi connectivity index (χ3v) is 4.37. The zero-order chi connectivity index (χ0) is 18.0. The third-order valence-electron chi connectivity index (χ3n) is 4.12. The number of nitrogens with zero attached hydrogens (tertiary/aromatic N) is 3. The molecular formula is C17H15ClF3N3O. The lowest BCUT2D eigenvalue weighted by atomic mass is 10.1. The molecule has 0 saturated carbocycles. The van der Waals surface area contributed by atoms with Crippen molar-refractivity contribution in [2.24, 2.45) is 0 Å². The van der Waals surface area contributed by atoms with Gasteiger partial charge in [0.05, 0.1) is 11.1 Å². The summed E-state index contributed by atoms with van der Waals surface area (Å²) in [6, 6.07) is 8.14. The first kappa shape index (κ1) is 17.5.